The zero-order valence-corrected chi connectivity index (χ0v) is 27.3. The van der Waals surface area contributed by atoms with E-state index in [4.69, 9.17) is 14.2 Å². The van der Waals surface area contributed by atoms with E-state index in [1.165, 1.54) is 22.8 Å². The largest absolute Gasteiger partial charge is 0.496 e. The number of hydrogen-bond acceptors (Lipinski definition) is 8. The number of ether oxygens (including phenoxy) is 3. The molecule has 1 aliphatic heterocycles. The lowest BCUT2D eigenvalue weighted by Gasteiger charge is -2.36. The third-order valence-corrected chi connectivity index (χ3v) is 10.4. The van der Waals surface area contributed by atoms with Crippen LogP contribution in [0.5, 0.6) is 11.5 Å². The molecule has 0 aliphatic carbocycles. The Kier molecular flexibility index (Phi) is 9.42. The van der Waals surface area contributed by atoms with Crippen LogP contribution in [0.2, 0.25) is 0 Å². The number of nitrogens with one attached hydrogen (secondary N) is 1. The van der Waals surface area contributed by atoms with Gasteiger partial charge in [-0.05, 0) is 77.8 Å². The molecule has 0 fully saturated rings. The van der Waals surface area contributed by atoms with Crippen LogP contribution in [0.25, 0.3) is 10.9 Å². The molecular weight excluding hydrogens is 651 g/mol. The minimum absolute atomic E-state index is 0.110. The number of fused-ring (bicyclic) bond motifs is 1. The molecule has 12 heteroatoms. The van der Waals surface area contributed by atoms with E-state index in [2.05, 4.69) is 31.2 Å². The number of halogens is 2. The highest BCUT2D eigenvalue weighted by atomic mass is 79.9. The highest BCUT2D eigenvalue weighted by molar-refractivity contribution is 9.10. The van der Waals surface area contributed by atoms with Gasteiger partial charge in [-0.3, -0.25) is 0 Å². The molecule has 4 aromatic rings. The number of hydrogen-bond donors (Lipinski definition) is 1. The second-order valence-electron chi connectivity index (χ2n) is 10.7. The molecule has 5 rings (SSSR count). The minimum Gasteiger partial charge on any atom is -0.496 e. The first-order valence-corrected chi connectivity index (χ1v) is 16.4. The Morgan fingerprint density at radius 1 is 1.14 bits per heavy atom. The second kappa shape index (κ2) is 13.1. The molecule has 1 aliphatic rings. The molecule has 2 heterocycles. The number of sulfonamides is 1. The lowest BCUT2D eigenvalue weighted by molar-refractivity contribution is 0.0220. The van der Waals surface area contributed by atoms with Crippen molar-refractivity contribution in [1.29, 1.82) is 0 Å². The molecule has 0 radical (unpaired) electrons. The predicted molar refractivity (Wildman–Crippen MR) is 172 cm³/mol. The molecule has 0 saturated heterocycles. The molecule has 1 N–H and O–H groups in total. The van der Waals surface area contributed by atoms with Gasteiger partial charge in [-0.2, -0.15) is 4.31 Å². The van der Waals surface area contributed by atoms with Crippen LogP contribution in [0.1, 0.15) is 38.3 Å². The van der Waals surface area contributed by atoms with Crippen molar-refractivity contribution in [3.63, 3.8) is 0 Å². The van der Waals surface area contributed by atoms with Crippen LogP contribution in [0.4, 0.5) is 15.9 Å². The van der Waals surface area contributed by atoms with Crippen LogP contribution < -0.4 is 14.8 Å². The molecule has 1 unspecified atom stereocenters. The van der Waals surface area contributed by atoms with E-state index in [0.29, 0.717) is 51.2 Å². The van der Waals surface area contributed by atoms with E-state index >= 15 is 0 Å². The Hall–Kier alpha value is -3.74. The number of methoxy groups -OCH3 is 1. The summed E-state index contributed by atoms with van der Waals surface area (Å²) in [5, 5.41) is 3.49. The van der Waals surface area contributed by atoms with Crippen LogP contribution in [-0.4, -0.2) is 48.1 Å². The summed E-state index contributed by atoms with van der Waals surface area (Å²) in [5.74, 6) is 1.37. The van der Waals surface area contributed by atoms with Gasteiger partial charge in [0.15, 0.2) is 5.60 Å². The average Bonchev–Trinajstić information content (AvgIpc) is 3.48. The van der Waals surface area contributed by atoms with Crippen molar-refractivity contribution >= 4 is 48.4 Å². The van der Waals surface area contributed by atoms with Gasteiger partial charge in [-0.15, -0.1) is 0 Å². The lowest BCUT2D eigenvalue weighted by Crippen LogP contribution is -2.46. The predicted octanol–water partition coefficient (Wildman–Crippen LogP) is 7.05. The van der Waals surface area contributed by atoms with Gasteiger partial charge < -0.3 is 19.5 Å². The fourth-order valence-electron chi connectivity index (χ4n) is 5.12. The van der Waals surface area contributed by atoms with Gasteiger partial charge in [-0.25, -0.2) is 22.8 Å². The molecule has 44 heavy (non-hydrogen) atoms. The smallest absolute Gasteiger partial charge is 0.216 e. The third kappa shape index (κ3) is 6.52. The molecule has 1 aromatic heterocycles. The van der Waals surface area contributed by atoms with E-state index < -0.39 is 20.9 Å². The van der Waals surface area contributed by atoms with Gasteiger partial charge in [0.05, 0.1) is 35.2 Å². The SMILES string of the molecule is CCN(CC1(c2cc3c(Nc4ccc(OCc5cccc(F)c5)c(Br)c4)ncnc3cc2OC)CC=CO1)S(=O)(=O)C(C)C. The van der Waals surface area contributed by atoms with Gasteiger partial charge in [0.2, 0.25) is 10.0 Å². The summed E-state index contributed by atoms with van der Waals surface area (Å²) in [6, 6.07) is 15.5. The number of rotatable bonds is 12. The summed E-state index contributed by atoms with van der Waals surface area (Å²) in [5.41, 5.74) is 1.78. The van der Waals surface area contributed by atoms with Crippen LogP contribution >= 0.6 is 15.9 Å². The van der Waals surface area contributed by atoms with Gasteiger partial charge in [0.1, 0.15) is 36.1 Å². The number of benzene rings is 3. The molecule has 1 atom stereocenters. The van der Waals surface area contributed by atoms with Crippen LogP contribution in [-0.2, 0) is 27.0 Å². The Balaban J connectivity index is 1.47. The number of nitrogens with zero attached hydrogens (tertiary/aromatic N) is 3. The highest BCUT2D eigenvalue weighted by Gasteiger charge is 2.43. The summed E-state index contributed by atoms with van der Waals surface area (Å²) in [6.07, 6.45) is 5.41. The standard InChI is InChI=1S/C32H34BrFN4O5S/c1-5-38(44(39,40)21(2)3)19-32(12-7-13-43-32)26-16-25-28(17-30(26)41-4)35-20-36-31(25)37-24-10-11-29(27(33)15-24)42-18-22-8-6-9-23(34)14-22/h6-11,13-17,20-21H,5,12,18-19H2,1-4H3,(H,35,36,37). The van der Waals surface area contributed by atoms with Crippen molar-refractivity contribution < 1.29 is 27.0 Å². The van der Waals surface area contributed by atoms with E-state index in [-0.39, 0.29) is 19.0 Å². The summed E-state index contributed by atoms with van der Waals surface area (Å²) < 4.78 is 60.0. The Labute approximate surface area is 265 Å². The number of aromatic nitrogens is 2. The topological polar surface area (TPSA) is 103 Å². The first-order valence-electron chi connectivity index (χ1n) is 14.1. The van der Waals surface area contributed by atoms with Crippen molar-refractivity contribution in [1.82, 2.24) is 14.3 Å². The van der Waals surface area contributed by atoms with Crippen LogP contribution in [0.15, 0.2) is 77.7 Å². The monoisotopic (exact) mass is 684 g/mol. The maximum absolute atomic E-state index is 13.5. The average molecular weight is 686 g/mol. The lowest BCUT2D eigenvalue weighted by atomic mass is 9.89. The highest BCUT2D eigenvalue weighted by Crippen LogP contribution is 2.43. The minimum atomic E-state index is -3.55. The van der Waals surface area contributed by atoms with Crippen molar-refractivity contribution in [3.8, 4) is 11.5 Å². The molecule has 0 bridgehead atoms. The maximum atomic E-state index is 13.5. The first kappa shape index (κ1) is 31.7. The normalized spacial score (nSPS) is 16.5. The van der Waals surface area contributed by atoms with Gasteiger partial charge in [-0.1, -0.05) is 19.1 Å². The Morgan fingerprint density at radius 2 is 1.95 bits per heavy atom. The van der Waals surface area contributed by atoms with Crippen molar-refractivity contribution in [2.45, 2.75) is 44.6 Å². The summed E-state index contributed by atoms with van der Waals surface area (Å²) in [4.78, 5) is 8.98. The molecule has 0 saturated carbocycles. The fourth-order valence-corrected chi connectivity index (χ4v) is 6.96. The molecule has 0 spiro atoms. The van der Waals surface area contributed by atoms with Crippen molar-refractivity contribution in [2.75, 3.05) is 25.5 Å². The fraction of sp³-hybridized carbons (Fsp3) is 0.312. The second-order valence-corrected chi connectivity index (χ2v) is 14.0. The number of anilines is 2. The van der Waals surface area contributed by atoms with E-state index in [0.717, 1.165) is 11.3 Å². The van der Waals surface area contributed by atoms with E-state index in [9.17, 15) is 12.8 Å². The first-order chi connectivity index (χ1) is 21.1. The van der Waals surface area contributed by atoms with Crippen LogP contribution in [0, 0.1) is 5.82 Å². The maximum Gasteiger partial charge on any atom is 0.216 e. The van der Waals surface area contributed by atoms with Crippen molar-refractivity contribution in [3.05, 3.63) is 94.7 Å². The Bertz CT molecular complexity index is 1790. The summed E-state index contributed by atoms with van der Waals surface area (Å²) in [7, 11) is -1.98. The molecule has 9 nitrogen and oxygen atoms in total. The number of likely N-dealkylation sites (N-methyl/N-ethyl adjacent to an activating group) is 1. The summed E-state index contributed by atoms with van der Waals surface area (Å²) in [6.45, 7) is 5.79. The van der Waals surface area contributed by atoms with Crippen molar-refractivity contribution in [2.24, 2.45) is 0 Å². The molecular formula is C32H34BrFN4O5S. The molecule has 232 valence electrons. The van der Waals surface area contributed by atoms with Crippen LogP contribution in [0.3, 0.4) is 0 Å². The zero-order chi connectivity index (χ0) is 31.5. The molecule has 3 aromatic carbocycles. The van der Waals surface area contributed by atoms with E-state index in [1.54, 1.807) is 39.4 Å². The molecule has 0 amide bonds. The van der Waals surface area contributed by atoms with Gasteiger partial charge in [0.25, 0.3) is 0 Å². The van der Waals surface area contributed by atoms with E-state index in [1.807, 2.05) is 43.3 Å². The van der Waals surface area contributed by atoms with Gasteiger partial charge in [0, 0.05) is 35.7 Å². The Morgan fingerprint density at radius 3 is 2.61 bits per heavy atom. The summed E-state index contributed by atoms with van der Waals surface area (Å²) >= 11 is 3.57. The zero-order valence-electron chi connectivity index (χ0n) is 24.9. The quantitative estimate of drug-likeness (QED) is 0.169. The van der Waals surface area contributed by atoms with Gasteiger partial charge >= 0.3 is 0 Å². The third-order valence-electron chi connectivity index (χ3n) is 7.50.